The number of nitrogens with one attached hydrogen (secondary N) is 1. The van der Waals surface area contributed by atoms with E-state index in [0.717, 1.165) is 44.9 Å². The van der Waals surface area contributed by atoms with Gasteiger partial charge in [-0.1, -0.05) is 6.42 Å². The highest BCUT2D eigenvalue weighted by molar-refractivity contribution is 5.93. The summed E-state index contributed by atoms with van der Waals surface area (Å²) in [6, 6.07) is 4.45. The van der Waals surface area contributed by atoms with Crippen molar-refractivity contribution in [2.75, 3.05) is 26.2 Å². The fourth-order valence-electron chi connectivity index (χ4n) is 4.54. The van der Waals surface area contributed by atoms with Crippen molar-refractivity contribution in [3.63, 3.8) is 0 Å². The van der Waals surface area contributed by atoms with Crippen molar-refractivity contribution in [3.8, 4) is 0 Å². The molecule has 1 atom stereocenters. The Morgan fingerprint density at radius 1 is 1.32 bits per heavy atom. The van der Waals surface area contributed by atoms with Gasteiger partial charge in [-0.2, -0.15) is 0 Å². The minimum atomic E-state index is -0.0200. The van der Waals surface area contributed by atoms with E-state index in [4.69, 9.17) is 4.74 Å². The van der Waals surface area contributed by atoms with E-state index in [1.165, 1.54) is 32.4 Å². The Hall–Kier alpha value is -1.46. The van der Waals surface area contributed by atoms with Gasteiger partial charge in [0.05, 0.1) is 11.2 Å². The Morgan fingerprint density at radius 2 is 2.16 bits per heavy atom. The first-order chi connectivity index (χ1) is 12.2. The normalized spacial score (nSPS) is 27.0. The third-order valence-electron chi connectivity index (χ3n) is 6.37. The average Bonchev–Trinajstić information content (AvgIpc) is 2.61. The SMILES string of the molecule is O=C(NCC1CCOC2(CCN(C3CCC3)CC2)C1)c1cccnc1. The highest BCUT2D eigenvalue weighted by atomic mass is 16.5. The molecule has 1 aliphatic carbocycles. The van der Waals surface area contributed by atoms with Crippen molar-refractivity contribution in [1.29, 1.82) is 0 Å². The number of pyridine rings is 1. The second-order valence-corrected chi connectivity index (χ2v) is 7.96. The molecule has 0 bridgehead atoms. The van der Waals surface area contributed by atoms with Crippen LogP contribution in [0.1, 0.15) is 55.3 Å². The minimum Gasteiger partial charge on any atom is -0.375 e. The molecule has 1 aromatic heterocycles. The number of nitrogens with zero attached hydrogens (tertiary/aromatic N) is 2. The standard InChI is InChI=1S/C20H29N3O2/c24-19(17-3-2-9-21-15-17)22-14-16-6-12-25-20(13-16)7-10-23(11-8-20)18-4-1-5-18/h2-3,9,15-16,18H,1,4-8,10-14H2,(H,22,24). The maximum absolute atomic E-state index is 12.2. The molecule has 5 heteroatoms. The quantitative estimate of drug-likeness (QED) is 0.913. The molecule has 3 heterocycles. The zero-order valence-electron chi connectivity index (χ0n) is 15.0. The van der Waals surface area contributed by atoms with Crippen molar-refractivity contribution in [2.24, 2.45) is 5.92 Å². The predicted molar refractivity (Wildman–Crippen MR) is 96.4 cm³/mol. The van der Waals surface area contributed by atoms with Gasteiger partial charge in [0.25, 0.3) is 5.91 Å². The first-order valence-corrected chi connectivity index (χ1v) is 9.80. The zero-order chi connectivity index (χ0) is 17.1. The van der Waals surface area contributed by atoms with Crippen molar-refractivity contribution in [1.82, 2.24) is 15.2 Å². The Balaban J connectivity index is 1.27. The van der Waals surface area contributed by atoms with Gasteiger partial charge in [-0.15, -0.1) is 0 Å². The van der Waals surface area contributed by atoms with Gasteiger partial charge in [-0.25, -0.2) is 0 Å². The fourth-order valence-corrected chi connectivity index (χ4v) is 4.54. The van der Waals surface area contributed by atoms with E-state index >= 15 is 0 Å². The third-order valence-corrected chi connectivity index (χ3v) is 6.37. The molecule has 3 fully saturated rings. The molecule has 5 nitrogen and oxygen atoms in total. The monoisotopic (exact) mass is 343 g/mol. The van der Waals surface area contributed by atoms with Crippen LogP contribution in [-0.2, 0) is 4.74 Å². The molecule has 0 aromatic carbocycles. The average molecular weight is 343 g/mol. The smallest absolute Gasteiger partial charge is 0.252 e. The number of amides is 1. The summed E-state index contributed by atoms with van der Waals surface area (Å²) in [4.78, 5) is 18.9. The van der Waals surface area contributed by atoms with Crippen LogP contribution in [0.25, 0.3) is 0 Å². The lowest BCUT2D eigenvalue weighted by atomic mass is 9.78. The summed E-state index contributed by atoms with van der Waals surface area (Å²) in [5.74, 6) is 0.498. The van der Waals surface area contributed by atoms with E-state index < -0.39 is 0 Å². The lowest BCUT2D eigenvalue weighted by molar-refractivity contribution is -0.132. The molecule has 1 N–H and O–H groups in total. The fraction of sp³-hybridized carbons (Fsp3) is 0.700. The first kappa shape index (κ1) is 17.0. The van der Waals surface area contributed by atoms with Crippen LogP contribution in [0.3, 0.4) is 0 Å². The van der Waals surface area contributed by atoms with E-state index in [2.05, 4.69) is 15.2 Å². The van der Waals surface area contributed by atoms with E-state index in [-0.39, 0.29) is 11.5 Å². The molecule has 2 saturated heterocycles. The number of aromatic nitrogens is 1. The highest BCUT2D eigenvalue weighted by Gasteiger charge is 2.41. The Kier molecular flexibility index (Phi) is 5.04. The Labute approximate surface area is 150 Å². The summed E-state index contributed by atoms with van der Waals surface area (Å²) in [6.45, 7) is 3.93. The van der Waals surface area contributed by atoms with Gasteiger partial charge in [0.1, 0.15) is 0 Å². The van der Waals surface area contributed by atoms with Crippen LogP contribution in [0.15, 0.2) is 24.5 Å². The second kappa shape index (κ2) is 7.42. The molecule has 2 aliphatic heterocycles. The molecule has 25 heavy (non-hydrogen) atoms. The largest absolute Gasteiger partial charge is 0.375 e. The van der Waals surface area contributed by atoms with Crippen molar-refractivity contribution < 1.29 is 9.53 Å². The second-order valence-electron chi connectivity index (χ2n) is 7.96. The van der Waals surface area contributed by atoms with Crippen LogP contribution in [-0.4, -0.2) is 53.7 Å². The minimum absolute atomic E-state index is 0.0200. The summed E-state index contributed by atoms with van der Waals surface area (Å²) in [7, 11) is 0. The third kappa shape index (κ3) is 3.87. The maximum Gasteiger partial charge on any atom is 0.252 e. The van der Waals surface area contributed by atoms with E-state index in [0.29, 0.717) is 11.5 Å². The maximum atomic E-state index is 12.2. The molecule has 1 amide bonds. The number of hydrogen-bond donors (Lipinski definition) is 1. The van der Waals surface area contributed by atoms with Gasteiger partial charge >= 0.3 is 0 Å². The number of carbonyl (C=O) groups is 1. The number of ether oxygens (including phenoxy) is 1. The van der Waals surface area contributed by atoms with Gasteiger partial charge in [0, 0.05) is 44.7 Å². The van der Waals surface area contributed by atoms with Gasteiger partial charge < -0.3 is 15.0 Å². The van der Waals surface area contributed by atoms with Crippen LogP contribution >= 0.6 is 0 Å². The van der Waals surface area contributed by atoms with Gasteiger partial charge in [-0.3, -0.25) is 9.78 Å². The van der Waals surface area contributed by atoms with Crippen molar-refractivity contribution in [3.05, 3.63) is 30.1 Å². The van der Waals surface area contributed by atoms with Crippen LogP contribution in [0, 0.1) is 5.92 Å². The van der Waals surface area contributed by atoms with Gasteiger partial charge in [-0.05, 0) is 56.6 Å². The van der Waals surface area contributed by atoms with Crippen LogP contribution < -0.4 is 5.32 Å². The molecule has 4 rings (SSSR count). The Morgan fingerprint density at radius 3 is 2.84 bits per heavy atom. The van der Waals surface area contributed by atoms with Crippen LogP contribution in [0.4, 0.5) is 0 Å². The number of likely N-dealkylation sites (tertiary alicyclic amines) is 1. The van der Waals surface area contributed by atoms with Gasteiger partial charge in [0.15, 0.2) is 0 Å². The highest BCUT2D eigenvalue weighted by Crippen LogP contribution is 2.39. The molecule has 3 aliphatic rings. The summed E-state index contributed by atoms with van der Waals surface area (Å²) in [5, 5.41) is 3.09. The molecule has 0 radical (unpaired) electrons. The van der Waals surface area contributed by atoms with E-state index in [9.17, 15) is 4.79 Å². The number of hydrogen-bond acceptors (Lipinski definition) is 4. The molecule has 1 unspecified atom stereocenters. The summed E-state index contributed by atoms with van der Waals surface area (Å²) < 4.78 is 6.26. The molecule has 1 spiro atoms. The number of carbonyl (C=O) groups excluding carboxylic acids is 1. The lowest BCUT2D eigenvalue weighted by Gasteiger charge is -2.49. The van der Waals surface area contributed by atoms with Crippen molar-refractivity contribution in [2.45, 2.75) is 56.6 Å². The first-order valence-electron chi connectivity index (χ1n) is 9.80. The molecule has 136 valence electrons. The molecular formula is C20H29N3O2. The summed E-state index contributed by atoms with van der Waals surface area (Å²) in [6.07, 6.45) is 11.9. The molecular weight excluding hydrogens is 314 g/mol. The van der Waals surface area contributed by atoms with Crippen molar-refractivity contribution >= 4 is 5.91 Å². The molecule has 1 saturated carbocycles. The van der Waals surface area contributed by atoms with E-state index in [1.807, 2.05) is 6.07 Å². The predicted octanol–water partition coefficient (Wildman–Crippen LogP) is 2.63. The number of rotatable bonds is 4. The number of piperidine rings is 1. The van der Waals surface area contributed by atoms with Crippen LogP contribution in [0.2, 0.25) is 0 Å². The van der Waals surface area contributed by atoms with Crippen LogP contribution in [0.5, 0.6) is 0 Å². The summed E-state index contributed by atoms with van der Waals surface area (Å²) in [5.41, 5.74) is 0.695. The topological polar surface area (TPSA) is 54.5 Å². The summed E-state index contributed by atoms with van der Waals surface area (Å²) >= 11 is 0. The molecule has 1 aromatic rings. The lowest BCUT2D eigenvalue weighted by Crippen LogP contribution is -2.53. The van der Waals surface area contributed by atoms with Gasteiger partial charge in [0.2, 0.25) is 0 Å². The Bertz CT molecular complexity index is 580. The zero-order valence-corrected chi connectivity index (χ0v) is 15.0. The van der Waals surface area contributed by atoms with E-state index in [1.54, 1.807) is 18.5 Å².